The van der Waals surface area contributed by atoms with E-state index in [2.05, 4.69) is 10.6 Å². The third-order valence-corrected chi connectivity index (χ3v) is 3.80. The molecule has 0 spiro atoms. The van der Waals surface area contributed by atoms with Crippen molar-refractivity contribution >= 4 is 23.8 Å². The molecule has 0 aliphatic carbocycles. The third-order valence-electron chi connectivity index (χ3n) is 3.80. The molecule has 0 atom stereocenters. The second-order valence-electron chi connectivity index (χ2n) is 5.90. The normalized spacial score (nSPS) is 10.1. The number of amides is 2. The quantitative estimate of drug-likeness (QED) is 0.573. The molecule has 0 aromatic heterocycles. The number of rotatable bonds is 6. The summed E-state index contributed by atoms with van der Waals surface area (Å²) in [6.45, 7) is 3.11. The fourth-order valence-electron chi connectivity index (χ4n) is 2.46. The van der Waals surface area contributed by atoms with Crippen molar-refractivity contribution in [1.29, 1.82) is 0 Å². The van der Waals surface area contributed by atoms with Gasteiger partial charge in [0.05, 0.1) is 28.9 Å². The summed E-state index contributed by atoms with van der Waals surface area (Å²) in [6.07, 6.45) is 0. The van der Waals surface area contributed by atoms with Crippen molar-refractivity contribution < 1.29 is 29.4 Å². The van der Waals surface area contributed by atoms with Crippen molar-refractivity contribution in [3.8, 4) is 0 Å². The van der Waals surface area contributed by atoms with Crippen molar-refractivity contribution in [2.24, 2.45) is 0 Å². The van der Waals surface area contributed by atoms with Crippen LogP contribution in [0.3, 0.4) is 0 Å². The van der Waals surface area contributed by atoms with Crippen LogP contribution >= 0.6 is 0 Å². The smallest absolute Gasteiger partial charge is 0.336 e. The van der Waals surface area contributed by atoms with Crippen LogP contribution in [0.15, 0.2) is 36.4 Å². The van der Waals surface area contributed by atoms with E-state index in [4.69, 9.17) is 0 Å². The molecule has 2 amide bonds. The topological polar surface area (TPSA) is 133 Å². The Balaban J connectivity index is 2.07. The van der Waals surface area contributed by atoms with Gasteiger partial charge in [-0.3, -0.25) is 9.59 Å². The predicted octanol–water partition coefficient (Wildman–Crippen LogP) is 1.82. The van der Waals surface area contributed by atoms with Gasteiger partial charge in [-0.1, -0.05) is 23.3 Å². The highest BCUT2D eigenvalue weighted by Crippen LogP contribution is 2.13. The van der Waals surface area contributed by atoms with Crippen LogP contribution in [0.25, 0.3) is 0 Å². The van der Waals surface area contributed by atoms with Gasteiger partial charge in [0.25, 0.3) is 11.8 Å². The number of aromatic carboxylic acids is 2. The molecule has 0 aliphatic heterocycles. The van der Waals surface area contributed by atoms with Crippen LogP contribution < -0.4 is 10.6 Å². The summed E-state index contributed by atoms with van der Waals surface area (Å²) < 4.78 is 0. The second-order valence-corrected chi connectivity index (χ2v) is 5.90. The van der Waals surface area contributed by atoms with Crippen LogP contribution in [0.5, 0.6) is 0 Å². The molecule has 0 unspecified atom stereocenters. The number of carbonyl (C=O) groups excluding carboxylic acids is 2. The molecule has 0 aliphatic rings. The molecule has 0 saturated carbocycles. The second kappa shape index (κ2) is 8.13. The zero-order valence-electron chi connectivity index (χ0n) is 14.7. The Morgan fingerprint density at radius 1 is 0.704 bits per heavy atom. The molecule has 2 aromatic rings. The lowest BCUT2D eigenvalue weighted by Crippen LogP contribution is -2.38. The van der Waals surface area contributed by atoms with Crippen LogP contribution in [0.4, 0.5) is 0 Å². The molecule has 8 heteroatoms. The van der Waals surface area contributed by atoms with Gasteiger partial charge >= 0.3 is 11.9 Å². The fourth-order valence-corrected chi connectivity index (χ4v) is 2.46. The number of benzene rings is 2. The average molecular weight is 370 g/mol. The maximum Gasteiger partial charge on any atom is 0.336 e. The first-order valence-electron chi connectivity index (χ1n) is 7.95. The largest absolute Gasteiger partial charge is 0.478 e. The number of nitrogens with one attached hydrogen (secondary N) is 2. The highest BCUT2D eigenvalue weighted by atomic mass is 16.4. The van der Waals surface area contributed by atoms with E-state index in [1.807, 2.05) is 0 Å². The van der Waals surface area contributed by atoms with E-state index < -0.39 is 23.8 Å². The maximum atomic E-state index is 12.2. The summed E-state index contributed by atoms with van der Waals surface area (Å²) >= 11 is 0. The van der Waals surface area contributed by atoms with Crippen molar-refractivity contribution in [2.45, 2.75) is 13.8 Å². The summed E-state index contributed by atoms with van der Waals surface area (Å²) in [5.74, 6) is -3.82. The number of hydrogen-bond acceptors (Lipinski definition) is 4. The fraction of sp³-hybridized carbons (Fsp3) is 0.158. The minimum absolute atomic E-state index is 0.0380. The van der Waals surface area contributed by atoms with E-state index in [0.717, 1.165) is 0 Å². The number of carboxylic acid groups (broad SMARTS) is 2. The zero-order valence-corrected chi connectivity index (χ0v) is 14.7. The van der Waals surface area contributed by atoms with Gasteiger partial charge in [-0.15, -0.1) is 0 Å². The molecule has 0 saturated heterocycles. The van der Waals surface area contributed by atoms with Gasteiger partial charge in [0.2, 0.25) is 0 Å². The van der Waals surface area contributed by atoms with Gasteiger partial charge in [0.15, 0.2) is 0 Å². The minimum Gasteiger partial charge on any atom is -0.478 e. The van der Waals surface area contributed by atoms with E-state index in [9.17, 15) is 29.4 Å². The predicted molar refractivity (Wildman–Crippen MR) is 96.1 cm³/mol. The van der Waals surface area contributed by atoms with Crippen molar-refractivity contribution in [1.82, 2.24) is 10.6 Å². The molecule has 0 fully saturated rings. The molecule has 0 bridgehead atoms. The number of aryl methyl sites for hydroxylation is 2. The van der Waals surface area contributed by atoms with Crippen molar-refractivity contribution in [3.63, 3.8) is 0 Å². The summed E-state index contributed by atoms with van der Waals surface area (Å²) in [7, 11) is 0. The van der Waals surface area contributed by atoms with Crippen LogP contribution in [0.2, 0.25) is 0 Å². The Kier molecular flexibility index (Phi) is 5.92. The molecular weight excluding hydrogens is 352 g/mol. The Morgan fingerprint density at radius 3 is 1.41 bits per heavy atom. The summed E-state index contributed by atoms with van der Waals surface area (Å²) in [4.78, 5) is 46.9. The van der Waals surface area contributed by atoms with Gasteiger partial charge in [-0.05, 0) is 38.1 Å². The Labute approximate surface area is 154 Å². The van der Waals surface area contributed by atoms with Gasteiger partial charge < -0.3 is 20.8 Å². The van der Waals surface area contributed by atoms with E-state index >= 15 is 0 Å². The SMILES string of the molecule is Cc1ccc(C(=O)NCNC(=O)c2ccc(C)cc2C(=O)O)c(C(=O)O)c1. The minimum atomic E-state index is -1.24. The molecule has 27 heavy (non-hydrogen) atoms. The van der Waals surface area contributed by atoms with Gasteiger partial charge in [-0.25, -0.2) is 9.59 Å². The van der Waals surface area contributed by atoms with Gasteiger partial charge in [0.1, 0.15) is 0 Å². The Bertz CT molecular complexity index is 860. The lowest BCUT2D eigenvalue weighted by molar-refractivity contribution is 0.0683. The molecule has 2 aromatic carbocycles. The summed E-state index contributed by atoms with van der Waals surface area (Å²) in [5, 5.41) is 23.2. The molecule has 140 valence electrons. The summed E-state index contributed by atoms with van der Waals surface area (Å²) in [5.41, 5.74) is 1.01. The van der Waals surface area contributed by atoms with Crippen molar-refractivity contribution in [2.75, 3.05) is 6.67 Å². The average Bonchev–Trinajstić information content (AvgIpc) is 2.61. The van der Waals surface area contributed by atoms with Gasteiger partial charge in [0, 0.05) is 0 Å². The Morgan fingerprint density at radius 2 is 1.07 bits per heavy atom. The monoisotopic (exact) mass is 370 g/mol. The summed E-state index contributed by atoms with van der Waals surface area (Å²) in [6, 6.07) is 8.73. The van der Waals surface area contributed by atoms with E-state index in [-0.39, 0.29) is 28.9 Å². The van der Waals surface area contributed by atoms with Crippen LogP contribution in [-0.2, 0) is 0 Å². The Hall–Kier alpha value is -3.68. The first kappa shape index (κ1) is 19.6. The highest BCUT2D eigenvalue weighted by Gasteiger charge is 2.18. The van der Waals surface area contributed by atoms with Crippen LogP contribution in [0.1, 0.15) is 52.6 Å². The maximum absolute atomic E-state index is 12.2. The molecule has 0 heterocycles. The zero-order chi connectivity index (χ0) is 20.1. The number of carboxylic acids is 2. The molecule has 2 rings (SSSR count). The lowest BCUT2D eigenvalue weighted by atomic mass is 10.0. The van der Waals surface area contributed by atoms with E-state index in [0.29, 0.717) is 11.1 Å². The third kappa shape index (κ3) is 4.69. The lowest BCUT2D eigenvalue weighted by Gasteiger charge is -2.11. The van der Waals surface area contributed by atoms with Crippen LogP contribution in [-0.4, -0.2) is 40.6 Å². The molecule has 0 radical (unpaired) electrons. The molecular formula is C19H18N2O6. The van der Waals surface area contributed by atoms with Gasteiger partial charge in [-0.2, -0.15) is 0 Å². The van der Waals surface area contributed by atoms with Crippen molar-refractivity contribution in [3.05, 3.63) is 69.8 Å². The van der Waals surface area contributed by atoms with Crippen LogP contribution in [0, 0.1) is 13.8 Å². The number of hydrogen-bond donors (Lipinski definition) is 4. The first-order chi connectivity index (χ1) is 12.7. The first-order valence-corrected chi connectivity index (χ1v) is 7.95. The van der Waals surface area contributed by atoms with E-state index in [1.165, 1.54) is 24.3 Å². The van der Waals surface area contributed by atoms with E-state index in [1.54, 1.807) is 26.0 Å². The number of carbonyl (C=O) groups is 4. The molecule has 4 N–H and O–H groups in total. The highest BCUT2D eigenvalue weighted by molar-refractivity contribution is 6.06. The molecule has 8 nitrogen and oxygen atoms in total. The standard InChI is InChI=1S/C19H18N2O6/c1-10-3-5-12(14(7-10)18(24)25)16(22)20-9-21-17(23)13-6-4-11(2)8-15(13)19(26)27/h3-8H,9H2,1-2H3,(H,20,22)(H,21,23)(H,24,25)(H,26,27).